The van der Waals surface area contributed by atoms with Crippen LogP contribution in [0.1, 0.15) is 30.5 Å². The number of nitrogens with zero attached hydrogens (tertiary/aromatic N) is 2. The Labute approximate surface area is 148 Å². The number of urea groups is 1. The highest BCUT2D eigenvalue weighted by molar-refractivity contribution is 5.74. The number of methoxy groups -OCH3 is 2. The fourth-order valence-corrected chi connectivity index (χ4v) is 2.67. The first-order valence-corrected chi connectivity index (χ1v) is 8.27. The van der Waals surface area contributed by atoms with Crippen LogP contribution in [0, 0.1) is 6.92 Å². The largest absolute Gasteiger partial charge is 0.493 e. The smallest absolute Gasteiger partial charge is 0.315 e. The lowest BCUT2D eigenvalue weighted by atomic mass is 10.0. The molecular formula is C18H26N4O3. The Kier molecular flexibility index (Phi) is 6.68. The van der Waals surface area contributed by atoms with E-state index in [2.05, 4.69) is 15.6 Å². The molecule has 0 radical (unpaired) electrons. The lowest BCUT2D eigenvalue weighted by molar-refractivity contribution is 0.237. The summed E-state index contributed by atoms with van der Waals surface area (Å²) in [4.78, 5) is 16.1. The summed E-state index contributed by atoms with van der Waals surface area (Å²) in [5.41, 5.74) is 2.02. The van der Waals surface area contributed by atoms with Crippen LogP contribution in [0.15, 0.2) is 30.9 Å². The molecule has 1 heterocycles. The van der Waals surface area contributed by atoms with Crippen molar-refractivity contribution in [3.63, 3.8) is 0 Å². The molecule has 0 saturated heterocycles. The van der Waals surface area contributed by atoms with E-state index in [0.717, 1.165) is 24.1 Å². The number of aromatic nitrogens is 2. The summed E-state index contributed by atoms with van der Waals surface area (Å²) in [5.74, 6) is 1.33. The van der Waals surface area contributed by atoms with Gasteiger partial charge in [0, 0.05) is 25.5 Å². The Balaban J connectivity index is 1.85. The Morgan fingerprint density at radius 1 is 1.28 bits per heavy atom. The van der Waals surface area contributed by atoms with Gasteiger partial charge in [0.15, 0.2) is 11.5 Å². The molecule has 0 spiro atoms. The Bertz CT molecular complexity index is 686. The molecule has 0 aliphatic rings. The van der Waals surface area contributed by atoms with Crippen LogP contribution in [0.4, 0.5) is 4.79 Å². The molecule has 136 valence electrons. The molecule has 1 aromatic carbocycles. The average Bonchev–Trinajstić information content (AvgIpc) is 3.11. The SMILES string of the molecule is COc1cc(C)c([C@@H](C)NC(=O)NCCCn2ccnc2)cc1OC. The van der Waals surface area contributed by atoms with E-state index < -0.39 is 0 Å². The maximum Gasteiger partial charge on any atom is 0.315 e. The maximum atomic E-state index is 12.1. The normalized spacial score (nSPS) is 11.7. The number of carbonyl (C=O) groups excluding carboxylic acids is 1. The predicted octanol–water partition coefficient (Wildman–Crippen LogP) is 2.66. The number of hydrogen-bond acceptors (Lipinski definition) is 4. The third-order valence-electron chi connectivity index (χ3n) is 4.02. The molecular weight excluding hydrogens is 320 g/mol. The number of imidazole rings is 1. The van der Waals surface area contributed by atoms with E-state index in [4.69, 9.17) is 9.47 Å². The van der Waals surface area contributed by atoms with Crippen molar-refractivity contribution in [2.75, 3.05) is 20.8 Å². The van der Waals surface area contributed by atoms with Crippen LogP contribution in [0.25, 0.3) is 0 Å². The van der Waals surface area contributed by atoms with Crippen molar-refractivity contribution in [1.29, 1.82) is 0 Å². The molecule has 1 atom stereocenters. The molecule has 7 heteroatoms. The summed E-state index contributed by atoms with van der Waals surface area (Å²) in [6.07, 6.45) is 6.25. The zero-order valence-corrected chi connectivity index (χ0v) is 15.2. The topological polar surface area (TPSA) is 77.4 Å². The summed E-state index contributed by atoms with van der Waals surface area (Å²) >= 11 is 0. The highest BCUT2D eigenvalue weighted by Crippen LogP contribution is 2.32. The van der Waals surface area contributed by atoms with Gasteiger partial charge in [0.2, 0.25) is 0 Å². The standard InChI is InChI=1S/C18H26N4O3/c1-13-10-16(24-3)17(25-4)11-15(13)14(2)21-18(23)20-6-5-8-22-9-7-19-12-22/h7,9-12,14H,5-6,8H2,1-4H3,(H2,20,21,23)/t14-/m1/s1. The zero-order valence-electron chi connectivity index (χ0n) is 15.2. The van der Waals surface area contributed by atoms with Gasteiger partial charge in [-0.05, 0) is 43.5 Å². The minimum absolute atomic E-state index is 0.145. The lowest BCUT2D eigenvalue weighted by Crippen LogP contribution is -2.37. The molecule has 0 unspecified atom stereocenters. The van der Waals surface area contributed by atoms with Crippen LogP contribution in [0.3, 0.4) is 0 Å². The van der Waals surface area contributed by atoms with Gasteiger partial charge in [-0.2, -0.15) is 0 Å². The number of hydrogen-bond donors (Lipinski definition) is 2. The lowest BCUT2D eigenvalue weighted by Gasteiger charge is -2.19. The summed E-state index contributed by atoms with van der Waals surface area (Å²) in [6, 6.07) is 3.48. The van der Waals surface area contributed by atoms with Crippen LogP contribution in [-0.4, -0.2) is 36.3 Å². The fourth-order valence-electron chi connectivity index (χ4n) is 2.67. The molecule has 1 aromatic heterocycles. The number of benzene rings is 1. The number of aryl methyl sites for hydroxylation is 2. The summed E-state index contributed by atoms with van der Waals surface area (Å²) in [7, 11) is 3.21. The molecule has 2 aromatic rings. The molecule has 0 aliphatic heterocycles. The van der Waals surface area contributed by atoms with Crippen molar-refractivity contribution in [3.8, 4) is 11.5 Å². The van der Waals surface area contributed by atoms with Crippen LogP contribution in [0.5, 0.6) is 11.5 Å². The molecule has 0 saturated carbocycles. The van der Waals surface area contributed by atoms with Crippen molar-refractivity contribution in [2.45, 2.75) is 32.9 Å². The van der Waals surface area contributed by atoms with Crippen LogP contribution in [-0.2, 0) is 6.54 Å². The molecule has 0 bridgehead atoms. The van der Waals surface area contributed by atoms with Gasteiger partial charge < -0.3 is 24.7 Å². The van der Waals surface area contributed by atoms with E-state index >= 15 is 0 Å². The monoisotopic (exact) mass is 346 g/mol. The van der Waals surface area contributed by atoms with Crippen molar-refractivity contribution in [1.82, 2.24) is 20.2 Å². The van der Waals surface area contributed by atoms with Crippen molar-refractivity contribution >= 4 is 6.03 Å². The Morgan fingerprint density at radius 2 is 2.00 bits per heavy atom. The second kappa shape index (κ2) is 8.96. The number of ether oxygens (including phenoxy) is 2. The highest BCUT2D eigenvalue weighted by Gasteiger charge is 2.15. The first-order chi connectivity index (χ1) is 12.0. The Hall–Kier alpha value is -2.70. The van der Waals surface area contributed by atoms with Gasteiger partial charge in [0.25, 0.3) is 0 Å². The number of nitrogens with one attached hydrogen (secondary N) is 2. The number of rotatable bonds is 8. The van der Waals surface area contributed by atoms with E-state index in [0.29, 0.717) is 18.0 Å². The van der Waals surface area contributed by atoms with Gasteiger partial charge in [-0.25, -0.2) is 9.78 Å². The van der Waals surface area contributed by atoms with Gasteiger partial charge in [0.1, 0.15) is 0 Å². The van der Waals surface area contributed by atoms with E-state index in [1.54, 1.807) is 26.7 Å². The molecule has 25 heavy (non-hydrogen) atoms. The summed E-state index contributed by atoms with van der Waals surface area (Å²) in [6.45, 7) is 5.35. The van der Waals surface area contributed by atoms with E-state index in [1.807, 2.05) is 36.7 Å². The molecule has 0 fully saturated rings. The van der Waals surface area contributed by atoms with E-state index in [-0.39, 0.29) is 12.1 Å². The molecule has 2 rings (SSSR count). The van der Waals surface area contributed by atoms with Gasteiger partial charge >= 0.3 is 6.03 Å². The van der Waals surface area contributed by atoms with E-state index in [1.165, 1.54) is 0 Å². The second-order valence-corrected chi connectivity index (χ2v) is 5.84. The third-order valence-corrected chi connectivity index (χ3v) is 4.02. The van der Waals surface area contributed by atoms with Crippen LogP contribution >= 0.6 is 0 Å². The van der Waals surface area contributed by atoms with Crippen LogP contribution in [0.2, 0.25) is 0 Å². The van der Waals surface area contributed by atoms with Crippen molar-refractivity contribution < 1.29 is 14.3 Å². The van der Waals surface area contributed by atoms with Gasteiger partial charge in [-0.1, -0.05) is 0 Å². The summed E-state index contributed by atoms with van der Waals surface area (Å²) in [5, 5.41) is 5.83. The minimum Gasteiger partial charge on any atom is -0.493 e. The van der Waals surface area contributed by atoms with Crippen molar-refractivity contribution in [2.24, 2.45) is 0 Å². The quantitative estimate of drug-likeness (QED) is 0.721. The minimum atomic E-state index is -0.188. The van der Waals surface area contributed by atoms with E-state index in [9.17, 15) is 4.79 Å². The maximum absolute atomic E-state index is 12.1. The summed E-state index contributed by atoms with van der Waals surface area (Å²) < 4.78 is 12.6. The van der Waals surface area contributed by atoms with Crippen LogP contribution < -0.4 is 20.1 Å². The second-order valence-electron chi connectivity index (χ2n) is 5.84. The first-order valence-electron chi connectivity index (χ1n) is 8.27. The third kappa shape index (κ3) is 5.14. The van der Waals surface area contributed by atoms with Gasteiger partial charge in [0.05, 0.1) is 26.6 Å². The molecule has 2 N–H and O–H groups in total. The molecule has 7 nitrogen and oxygen atoms in total. The highest BCUT2D eigenvalue weighted by atomic mass is 16.5. The number of amides is 2. The van der Waals surface area contributed by atoms with Crippen molar-refractivity contribution in [3.05, 3.63) is 42.0 Å². The molecule has 2 amide bonds. The fraction of sp³-hybridized carbons (Fsp3) is 0.444. The van der Waals surface area contributed by atoms with Gasteiger partial charge in [-0.15, -0.1) is 0 Å². The van der Waals surface area contributed by atoms with Gasteiger partial charge in [-0.3, -0.25) is 0 Å². The number of carbonyl (C=O) groups is 1. The molecule has 0 aliphatic carbocycles. The zero-order chi connectivity index (χ0) is 18.2. The Morgan fingerprint density at radius 3 is 2.64 bits per heavy atom. The first kappa shape index (κ1) is 18.6. The predicted molar refractivity (Wildman–Crippen MR) is 96.1 cm³/mol. The average molecular weight is 346 g/mol.